The van der Waals surface area contributed by atoms with Crippen molar-refractivity contribution in [1.82, 2.24) is 29.5 Å². The maximum Gasteiger partial charge on any atom is 0.434 e. The van der Waals surface area contributed by atoms with Crippen molar-refractivity contribution in [2.24, 2.45) is 0 Å². The molecule has 4 aliphatic rings. The number of rotatable bonds is 7. The number of imidazole rings is 1. The quantitative estimate of drug-likeness (QED) is 0.301. The summed E-state index contributed by atoms with van der Waals surface area (Å²) in [7, 11) is 1.56. The highest BCUT2D eigenvalue weighted by molar-refractivity contribution is 5.69. The standard InChI is InChI=1S/C30H30F3N7O2/c1-16(2)39-14-22(30(31,32)33)37-26(39)19-6-4-17(5-7-19)13-40-20-10-29(41,11-20)21-12-34-25(38-27(21)40)23-24(18-8-9-18)35-15-36-28(23)42-3/h4-7,12,14-16,18,20,41H,8-11,13H2,1-3H3. The van der Waals surface area contributed by atoms with Gasteiger partial charge in [0.1, 0.15) is 23.5 Å². The molecule has 3 aromatic heterocycles. The first-order valence-corrected chi connectivity index (χ1v) is 14.1. The number of aliphatic hydroxyl groups is 1. The first-order chi connectivity index (χ1) is 20.1. The van der Waals surface area contributed by atoms with Gasteiger partial charge in [0.25, 0.3) is 0 Å². The molecule has 0 amide bonds. The Labute approximate surface area is 240 Å². The van der Waals surface area contributed by atoms with Gasteiger partial charge < -0.3 is 19.3 Å². The summed E-state index contributed by atoms with van der Waals surface area (Å²) in [5.41, 5.74) is 1.94. The van der Waals surface area contributed by atoms with E-state index in [1.54, 1.807) is 30.0 Å². The van der Waals surface area contributed by atoms with Crippen molar-refractivity contribution in [3.8, 4) is 28.7 Å². The van der Waals surface area contributed by atoms with Gasteiger partial charge in [-0.25, -0.2) is 24.9 Å². The SMILES string of the molecule is COc1ncnc(C2CC2)c1-c1ncc2c(n1)N(Cc1ccc(-c3nc(C(F)(F)F)cn3C(C)C)cc1)C1CC2(O)C1. The summed E-state index contributed by atoms with van der Waals surface area (Å²) in [6.07, 6.45) is 2.99. The molecule has 2 aliphatic carbocycles. The van der Waals surface area contributed by atoms with Crippen molar-refractivity contribution >= 4 is 5.82 Å². The van der Waals surface area contributed by atoms with Gasteiger partial charge in [-0.05, 0) is 32.3 Å². The number of anilines is 1. The van der Waals surface area contributed by atoms with Crippen LogP contribution < -0.4 is 9.64 Å². The Morgan fingerprint density at radius 1 is 1.07 bits per heavy atom. The van der Waals surface area contributed by atoms with Crippen LogP contribution in [0.5, 0.6) is 5.88 Å². The fourth-order valence-corrected chi connectivity index (χ4v) is 6.08. The van der Waals surface area contributed by atoms with Crippen LogP contribution in [0.4, 0.5) is 19.0 Å². The van der Waals surface area contributed by atoms with Crippen molar-refractivity contribution in [1.29, 1.82) is 0 Å². The molecule has 0 spiro atoms. The molecule has 12 heteroatoms. The summed E-state index contributed by atoms with van der Waals surface area (Å²) in [6.45, 7) is 4.16. The molecule has 0 saturated heterocycles. The summed E-state index contributed by atoms with van der Waals surface area (Å²) < 4.78 is 47.3. The molecular formula is C30H30F3N7O2. The zero-order chi connectivity index (χ0) is 29.4. The van der Waals surface area contributed by atoms with Crippen LogP contribution in [-0.4, -0.2) is 47.7 Å². The second-order valence-corrected chi connectivity index (χ2v) is 11.7. The van der Waals surface area contributed by atoms with E-state index in [4.69, 9.17) is 9.72 Å². The number of benzene rings is 1. The zero-order valence-electron chi connectivity index (χ0n) is 23.4. The summed E-state index contributed by atoms with van der Waals surface area (Å²) in [6, 6.07) is 7.32. The van der Waals surface area contributed by atoms with E-state index in [9.17, 15) is 18.3 Å². The molecule has 2 aliphatic heterocycles. The number of halogens is 3. The van der Waals surface area contributed by atoms with E-state index in [0.717, 1.165) is 30.3 Å². The second-order valence-electron chi connectivity index (χ2n) is 11.7. The average Bonchev–Trinajstić information content (AvgIpc) is 3.69. The molecule has 1 aromatic carbocycles. The Hall–Kier alpha value is -4.06. The van der Waals surface area contributed by atoms with Crippen LogP contribution in [0.25, 0.3) is 22.8 Å². The van der Waals surface area contributed by atoms with Crippen molar-refractivity contribution < 1.29 is 23.0 Å². The lowest BCUT2D eigenvalue weighted by Gasteiger charge is -2.55. The molecule has 2 saturated carbocycles. The van der Waals surface area contributed by atoms with Gasteiger partial charge in [0.05, 0.1) is 18.4 Å². The summed E-state index contributed by atoms with van der Waals surface area (Å²) >= 11 is 0. The van der Waals surface area contributed by atoms with Crippen LogP contribution in [0.2, 0.25) is 0 Å². The van der Waals surface area contributed by atoms with E-state index >= 15 is 0 Å². The van der Waals surface area contributed by atoms with Crippen molar-refractivity contribution in [2.75, 3.05) is 12.0 Å². The fraction of sp³-hybridized carbons (Fsp3) is 0.433. The Morgan fingerprint density at radius 3 is 2.45 bits per heavy atom. The monoisotopic (exact) mass is 577 g/mol. The van der Waals surface area contributed by atoms with Crippen LogP contribution in [0, 0.1) is 0 Å². The van der Waals surface area contributed by atoms with Gasteiger partial charge in [-0.1, -0.05) is 24.3 Å². The Bertz CT molecular complexity index is 1660. The third kappa shape index (κ3) is 4.39. The summed E-state index contributed by atoms with van der Waals surface area (Å²) in [4.78, 5) is 24.5. The summed E-state index contributed by atoms with van der Waals surface area (Å²) in [5.74, 6) is 2.13. The number of hydrogen-bond acceptors (Lipinski definition) is 8. The average molecular weight is 578 g/mol. The van der Waals surface area contributed by atoms with Gasteiger partial charge in [0.2, 0.25) is 5.88 Å². The lowest BCUT2D eigenvalue weighted by Crippen LogP contribution is -2.58. The fourth-order valence-electron chi connectivity index (χ4n) is 6.08. The highest BCUT2D eigenvalue weighted by Gasteiger charge is 2.54. The molecule has 8 rings (SSSR count). The molecule has 5 heterocycles. The van der Waals surface area contributed by atoms with Gasteiger partial charge in [0.15, 0.2) is 11.5 Å². The second kappa shape index (κ2) is 9.48. The molecule has 42 heavy (non-hydrogen) atoms. The van der Waals surface area contributed by atoms with Gasteiger partial charge in [-0.15, -0.1) is 0 Å². The van der Waals surface area contributed by atoms with Crippen LogP contribution in [0.3, 0.4) is 0 Å². The van der Waals surface area contributed by atoms with E-state index in [2.05, 4.69) is 24.8 Å². The van der Waals surface area contributed by atoms with Gasteiger partial charge in [-0.3, -0.25) is 0 Å². The molecule has 2 bridgehead atoms. The summed E-state index contributed by atoms with van der Waals surface area (Å²) in [5, 5.41) is 11.2. The largest absolute Gasteiger partial charge is 0.480 e. The maximum absolute atomic E-state index is 13.4. The molecule has 218 valence electrons. The molecule has 2 fully saturated rings. The Kier molecular flexibility index (Phi) is 6.05. The minimum Gasteiger partial charge on any atom is -0.480 e. The molecular weight excluding hydrogens is 547 g/mol. The highest BCUT2D eigenvalue weighted by atomic mass is 19.4. The van der Waals surface area contributed by atoms with Crippen LogP contribution >= 0.6 is 0 Å². The normalized spacial score (nSPS) is 21.3. The lowest BCUT2D eigenvalue weighted by atomic mass is 9.67. The maximum atomic E-state index is 13.4. The third-order valence-electron chi connectivity index (χ3n) is 8.50. The van der Waals surface area contributed by atoms with Crippen molar-refractivity contribution in [3.63, 3.8) is 0 Å². The predicted molar refractivity (Wildman–Crippen MR) is 148 cm³/mol. The topological polar surface area (TPSA) is 102 Å². The van der Waals surface area contributed by atoms with E-state index in [1.165, 1.54) is 6.33 Å². The van der Waals surface area contributed by atoms with Gasteiger partial charge in [0, 0.05) is 60.9 Å². The predicted octanol–water partition coefficient (Wildman–Crippen LogP) is 5.65. The number of nitrogens with zero attached hydrogens (tertiary/aromatic N) is 7. The first-order valence-electron chi connectivity index (χ1n) is 14.1. The van der Waals surface area contributed by atoms with E-state index in [1.807, 2.05) is 26.0 Å². The minimum atomic E-state index is -4.52. The van der Waals surface area contributed by atoms with E-state index < -0.39 is 17.5 Å². The molecule has 0 atom stereocenters. The van der Waals surface area contributed by atoms with Crippen molar-refractivity contribution in [3.05, 3.63) is 65.5 Å². The van der Waals surface area contributed by atoms with Crippen molar-refractivity contribution in [2.45, 2.75) is 75.9 Å². The molecule has 4 aromatic rings. The number of hydrogen-bond donors (Lipinski definition) is 1. The van der Waals surface area contributed by atoms with Crippen LogP contribution in [0.1, 0.15) is 74.0 Å². The van der Waals surface area contributed by atoms with Crippen LogP contribution in [-0.2, 0) is 18.3 Å². The Balaban J connectivity index is 1.22. The third-order valence-corrected chi connectivity index (χ3v) is 8.50. The zero-order valence-corrected chi connectivity index (χ0v) is 23.4. The number of aromatic nitrogens is 6. The van der Waals surface area contributed by atoms with E-state index in [0.29, 0.717) is 59.5 Å². The van der Waals surface area contributed by atoms with E-state index in [-0.39, 0.29) is 17.9 Å². The molecule has 0 radical (unpaired) electrons. The minimum absolute atomic E-state index is 0.0935. The number of ether oxygens (including phenoxy) is 1. The molecule has 0 unspecified atom stereocenters. The molecule has 9 nitrogen and oxygen atoms in total. The Morgan fingerprint density at radius 2 is 1.81 bits per heavy atom. The highest BCUT2D eigenvalue weighted by Crippen LogP contribution is 2.54. The smallest absolute Gasteiger partial charge is 0.434 e. The number of methoxy groups -OCH3 is 1. The van der Waals surface area contributed by atoms with Gasteiger partial charge in [-0.2, -0.15) is 13.2 Å². The number of alkyl halides is 3. The van der Waals surface area contributed by atoms with Crippen LogP contribution in [0.15, 0.2) is 43.0 Å². The first kappa shape index (κ1) is 26.8. The van der Waals surface area contributed by atoms with Gasteiger partial charge >= 0.3 is 6.18 Å². The molecule has 1 N–H and O–H groups in total. The lowest BCUT2D eigenvalue weighted by molar-refractivity contribution is -0.140.